The van der Waals surface area contributed by atoms with E-state index in [9.17, 15) is 23.2 Å². The molecule has 3 atom stereocenters. The molecule has 0 rings (SSSR count). The molecule has 0 heterocycles. The van der Waals surface area contributed by atoms with Crippen LogP contribution < -0.4 is 10.6 Å². The zero-order valence-corrected chi connectivity index (χ0v) is 22.3. The van der Waals surface area contributed by atoms with Gasteiger partial charge in [0.05, 0.1) is 12.2 Å². The van der Waals surface area contributed by atoms with E-state index in [1.54, 1.807) is 0 Å². The Bertz CT molecular complexity index is 508. The summed E-state index contributed by atoms with van der Waals surface area (Å²) in [4.78, 5) is 1.43. The van der Waals surface area contributed by atoms with Gasteiger partial charge in [0.2, 0.25) is 0 Å². The number of aliphatic hydroxyl groups excluding tert-OH is 2. The Morgan fingerprint density at radius 2 is 1.06 bits per heavy atom. The Morgan fingerprint density at radius 3 is 1.42 bits per heavy atom. The van der Waals surface area contributed by atoms with Gasteiger partial charge in [-0.1, -0.05) is 78.1 Å². The Kier molecular flexibility index (Phi) is 20.8. The molecule has 5 N–H and O–H groups in total. The summed E-state index contributed by atoms with van der Waals surface area (Å²) in [6.45, 7) is 8.18. The van der Waals surface area contributed by atoms with Gasteiger partial charge in [-0.3, -0.25) is 9.45 Å². The summed E-state index contributed by atoms with van der Waals surface area (Å²) in [6, 6.07) is 0. The van der Waals surface area contributed by atoms with Gasteiger partial charge in [-0.05, 0) is 32.9 Å². The average molecular weight is 496 g/mol. The molecule has 0 aliphatic heterocycles. The number of hydrogen-bond donors (Lipinski definition) is 5. The molecule has 0 aliphatic rings. The van der Waals surface area contributed by atoms with Crippen LogP contribution in [0.15, 0.2) is 0 Å². The van der Waals surface area contributed by atoms with Crippen molar-refractivity contribution in [3.63, 3.8) is 0 Å². The van der Waals surface area contributed by atoms with Crippen molar-refractivity contribution in [1.29, 1.82) is 0 Å². The molecule has 0 spiro atoms. The molecule has 0 bridgehead atoms. The summed E-state index contributed by atoms with van der Waals surface area (Å²) in [5.74, 6) is 0. The molecule has 0 aromatic carbocycles. The number of aliphatic hydroxyl groups is 2. The lowest BCUT2D eigenvalue weighted by Gasteiger charge is -2.31. The molecule has 0 aliphatic carbocycles. The van der Waals surface area contributed by atoms with E-state index in [2.05, 4.69) is 24.5 Å². The summed E-state index contributed by atoms with van der Waals surface area (Å²) in [7, 11) is -4.31. The summed E-state index contributed by atoms with van der Waals surface area (Å²) < 4.78 is 32.8. The highest BCUT2D eigenvalue weighted by Gasteiger charge is 2.28. The van der Waals surface area contributed by atoms with Gasteiger partial charge in [0, 0.05) is 26.2 Å². The average Bonchev–Trinajstić information content (AvgIpc) is 2.75. The second-order valence-corrected chi connectivity index (χ2v) is 11.0. The highest BCUT2D eigenvalue weighted by atomic mass is 32.2. The van der Waals surface area contributed by atoms with E-state index in [1.807, 2.05) is 0 Å². The molecule has 200 valence electrons. The Balaban J connectivity index is 4.27. The number of nitrogens with one attached hydrogen (secondary N) is 2. The third kappa shape index (κ3) is 19.7. The minimum absolute atomic E-state index is 0.0545. The van der Waals surface area contributed by atoms with Gasteiger partial charge in [0.15, 0.2) is 0 Å². The molecule has 8 nitrogen and oxygen atoms in total. The van der Waals surface area contributed by atoms with Crippen LogP contribution in [0.25, 0.3) is 0 Å². The van der Waals surface area contributed by atoms with Crippen LogP contribution in [0, 0.1) is 0 Å². The first kappa shape index (κ1) is 32.7. The molecular weight excluding hydrogens is 442 g/mol. The number of nitrogens with zero attached hydrogens (tertiary/aromatic N) is 1. The normalized spacial score (nSPS) is 15.1. The lowest BCUT2D eigenvalue weighted by atomic mass is 10.1. The number of rotatable bonds is 24. The molecule has 3 unspecified atom stereocenters. The van der Waals surface area contributed by atoms with Crippen LogP contribution in [0.3, 0.4) is 0 Å². The first-order chi connectivity index (χ1) is 15.7. The predicted octanol–water partition coefficient (Wildman–Crippen LogP) is 3.14. The fraction of sp³-hybridized carbons (Fsp3) is 1.00. The molecule has 9 heteroatoms. The SMILES string of the molecule is CCCCCCCCNCC(O)CN(CC(O)CNCCCCCCCC)C(C)S(=O)(=O)O. The monoisotopic (exact) mass is 495 g/mol. The van der Waals surface area contributed by atoms with E-state index >= 15 is 0 Å². The van der Waals surface area contributed by atoms with Gasteiger partial charge in [0.1, 0.15) is 5.37 Å². The molecule has 0 saturated heterocycles. The van der Waals surface area contributed by atoms with Gasteiger partial charge in [-0.25, -0.2) is 0 Å². The lowest BCUT2D eigenvalue weighted by Crippen LogP contribution is -2.49. The number of hydrogen-bond acceptors (Lipinski definition) is 7. The smallest absolute Gasteiger partial charge is 0.280 e. The molecular formula is C24H53N3O5S. The van der Waals surface area contributed by atoms with Crippen molar-refractivity contribution in [2.24, 2.45) is 0 Å². The van der Waals surface area contributed by atoms with Crippen molar-refractivity contribution in [2.75, 3.05) is 39.3 Å². The van der Waals surface area contributed by atoms with Crippen molar-refractivity contribution in [3.05, 3.63) is 0 Å². The van der Waals surface area contributed by atoms with Crippen molar-refractivity contribution in [3.8, 4) is 0 Å². The minimum Gasteiger partial charge on any atom is -0.390 e. The summed E-state index contributed by atoms with van der Waals surface area (Å²) in [5, 5.41) is 26.0. The third-order valence-corrected chi connectivity index (χ3v) is 7.17. The van der Waals surface area contributed by atoms with Gasteiger partial charge in [-0.15, -0.1) is 0 Å². The van der Waals surface area contributed by atoms with Crippen LogP contribution in [-0.2, 0) is 10.1 Å². The number of unbranched alkanes of at least 4 members (excludes halogenated alkanes) is 10. The van der Waals surface area contributed by atoms with Crippen LogP contribution in [0.5, 0.6) is 0 Å². The van der Waals surface area contributed by atoms with Gasteiger partial charge >= 0.3 is 0 Å². The fourth-order valence-electron chi connectivity index (χ4n) is 3.83. The highest BCUT2D eigenvalue weighted by molar-refractivity contribution is 7.86. The van der Waals surface area contributed by atoms with Crippen LogP contribution in [-0.4, -0.2) is 84.9 Å². The summed E-state index contributed by atoms with van der Waals surface area (Å²) >= 11 is 0. The molecule has 0 fully saturated rings. The zero-order valence-electron chi connectivity index (χ0n) is 21.5. The molecule has 0 saturated carbocycles. The molecule has 0 aromatic rings. The van der Waals surface area contributed by atoms with Gasteiger partial charge in [-0.2, -0.15) is 8.42 Å². The van der Waals surface area contributed by atoms with Crippen LogP contribution in [0.1, 0.15) is 97.8 Å². The zero-order chi connectivity index (χ0) is 25.0. The van der Waals surface area contributed by atoms with Crippen LogP contribution >= 0.6 is 0 Å². The maximum atomic E-state index is 11.7. The third-order valence-electron chi connectivity index (χ3n) is 6.01. The summed E-state index contributed by atoms with van der Waals surface area (Å²) in [6.07, 6.45) is 12.8. The van der Waals surface area contributed by atoms with Crippen LogP contribution in [0.2, 0.25) is 0 Å². The molecule has 0 aromatic heterocycles. The Hall–Kier alpha value is -0.290. The molecule has 0 radical (unpaired) electrons. The first-order valence-electron chi connectivity index (χ1n) is 13.2. The second kappa shape index (κ2) is 21.0. The first-order valence-corrected chi connectivity index (χ1v) is 14.7. The summed E-state index contributed by atoms with van der Waals surface area (Å²) in [5.41, 5.74) is 0. The fourth-order valence-corrected chi connectivity index (χ4v) is 4.38. The van der Waals surface area contributed by atoms with E-state index in [0.29, 0.717) is 13.1 Å². The Labute approximate surface area is 203 Å². The maximum absolute atomic E-state index is 11.7. The highest BCUT2D eigenvalue weighted by Crippen LogP contribution is 2.09. The minimum atomic E-state index is -4.31. The van der Waals surface area contributed by atoms with E-state index in [1.165, 1.54) is 63.2 Å². The maximum Gasteiger partial charge on any atom is 0.280 e. The quantitative estimate of drug-likeness (QED) is 0.102. The standard InChI is InChI=1S/C24H53N3O5S/c1-4-6-8-10-12-14-16-25-18-23(28)20-27(22(3)33(30,31)32)21-24(29)19-26-17-15-13-11-9-7-5-2/h22-26,28-29H,4-21H2,1-3H3,(H,30,31,32). The molecule has 33 heavy (non-hydrogen) atoms. The predicted molar refractivity (Wildman–Crippen MR) is 137 cm³/mol. The Morgan fingerprint density at radius 1 is 0.697 bits per heavy atom. The van der Waals surface area contributed by atoms with Crippen molar-refractivity contribution >= 4 is 10.1 Å². The topological polar surface area (TPSA) is 122 Å². The van der Waals surface area contributed by atoms with E-state index in [0.717, 1.165) is 38.8 Å². The van der Waals surface area contributed by atoms with Crippen molar-refractivity contribution in [1.82, 2.24) is 15.5 Å². The lowest BCUT2D eigenvalue weighted by molar-refractivity contribution is 0.0628. The van der Waals surface area contributed by atoms with E-state index in [-0.39, 0.29) is 13.1 Å². The van der Waals surface area contributed by atoms with E-state index in [4.69, 9.17) is 0 Å². The second-order valence-electron chi connectivity index (χ2n) is 9.32. The van der Waals surface area contributed by atoms with Crippen molar-refractivity contribution < 1.29 is 23.2 Å². The van der Waals surface area contributed by atoms with Gasteiger partial charge < -0.3 is 20.8 Å². The van der Waals surface area contributed by atoms with E-state index < -0.39 is 27.7 Å². The van der Waals surface area contributed by atoms with Gasteiger partial charge in [0.25, 0.3) is 10.1 Å². The largest absolute Gasteiger partial charge is 0.390 e. The molecule has 0 amide bonds. The van der Waals surface area contributed by atoms with Crippen LogP contribution in [0.4, 0.5) is 0 Å². The van der Waals surface area contributed by atoms with Crippen molar-refractivity contribution in [2.45, 2.75) is 115 Å².